The maximum Gasteiger partial charge on any atom is 3.00 e. The average Bonchev–Trinajstić information content (AvgIpc) is 4.07. The Labute approximate surface area is 478 Å². The maximum absolute atomic E-state index is 6.23. The molecule has 0 atom stereocenters. The van der Waals surface area contributed by atoms with E-state index in [-0.39, 0.29) is 20.1 Å². The van der Waals surface area contributed by atoms with Gasteiger partial charge >= 0.3 is 20.1 Å². The topological polar surface area (TPSA) is 64.7 Å². The standard InChI is InChI=1S/C74H45N4O.Ir/c1-4-17-49(18-5-1)50-30-32-51(33-31-50)68-45-72(54-34-37-66-67-29-16-40-75-74(67)79-73(66)44-54)78-48-69(68)65-28-15-14-27-64(65)59-42-57(62-25-12-10-23-60(62)55-35-38-70(76-46-55)52-19-6-2-7-20-52)41-58(43-59)63-26-13-11-24-61(63)56-36-39-71(77-47-56)53-21-8-3-9-22-53;/h1-19,21,23-43,45-48H;/q-3;+3. The van der Waals surface area contributed by atoms with Crippen LogP contribution in [0.2, 0.25) is 0 Å². The van der Waals surface area contributed by atoms with Crippen LogP contribution in [-0.2, 0) is 20.1 Å². The Bertz CT molecular complexity index is 4360. The molecule has 9 aromatic carbocycles. The number of hydrogen-bond acceptors (Lipinski definition) is 5. The van der Waals surface area contributed by atoms with Gasteiger partial charge in [0, 0.05) is 35.7 Å². The van der Waals surface area contributed by atoms with Crippen LogP contribution in [0.1, 0.15) is 0 Å². The van der Waals surface area contributed by atoms with Crippen LogP contribution < -0.4 is 0 Å². The predicted octanol–water partition coefficient (Wildman–Crippen LogP) is 18.9. The Balaban J connectivity index is 0.00000605. The third kappa shape index (κ3) is 9.64. The zero-order chi connectivity index (χ0) is 52.5. The molecule has 0 aliphatic carbocycles. The van der Waals surface area contributed by atoms with Crippen LogP contribution in [0.25, 0.3) is 145 Å². The largest absolute Gasteiger partial charge is 3.00 e. The number of benzene rings is 9. The predicted molar refractivity (Wildman–Crippen MR) is 321 cm³/mol. The van der Waals surface area contributed by atoms with Crippen molar-refractivity contribution in [3.63, 3.8) is 0 Å². The van der Waals surface area contributed by atoms with Crippen molar-refractivity contribution in [3.05, 3.63) is 292 Å². The zero-order valence-corrected chi connectivity index (χ0v) is 45.4. The van der Waals surface area contributed by atoms with Crippen LogP contribution in [-0.4, -0.2) is 19.9 Å². The van der Waals surface area contributed by atoms with Gasteiger partial charge in [-0.3, -0.25) is 0 Å². The molecular weight excluding hydrogens is 1150 g/mol. The summed E-state index contributed by atoms with van der Waals surface area (Å²) in [4.78, 5) is 19.6. The van der Waals surface area contributed by atoms with Crippen LogP contribution >= 0.6 is 0 Å². The summed E-state index contributed by atoms with van der Waals surface area (Å²) in [5, 5.41) is 1.93. The van der Waals surface area contributed by atoms with Gasteiger partial charge in [0.05, 0.1) is 5.58 Å². The van der Waals surface area contributed by atoms with E-state index >= 15 is 0 Å². The minimum atomic E-state index is 0. The van der Waals surface area contributed by atoms with Gasteiger partial charge < -0.3 is 19.4 Å². The summed E-state index contributed by atoms with van der Waals surface area (Å²) in [5.74, 6) is 0. The molecule has 5 heterocycles. The molecule has 0 spiro atoms. The number of fused-ring (bicyclic) bond motifs is 3. The van der Waals surface area contributed by atoms with E-state index in [1.165, 1.54) is 0 Å². The SMILES string of the molecule is [Ir+3].[c-]1ccccc1-c1ccc(-c2ccccc2-c2cc(-c3ccccc3-c3ccc(-c4[c-]cccc4)nc3)cc(-c3ccccc3-c3cnc(-c4[c-]c5oc6ncccc6c5cc4)cc3-c3ccc(-c4ccccc4)cc3)c2)cn1. The molecule has 0 radical (unpaired) electrons. The van der Waals surface area contributed by atoms with Crippen molar-refractivity contribution in [1.29, 1.82) is 0 Å². The second-order valence-corrected chi connectivity index (χ2v) is 19.5. The fourth-order valence-electron chi connectivity index (χ4n) is 10.8. The second kappa shape index (κ2) is 21.8. The van der Waals surface area contributed by atoms with Crippen molar-refractivity contribution in [1.82, 2.24) is 19.9 Å². The van der Waals surface area contributed by atoms with E-state index in [1.807, 2.05) is 79.3 Å². The Morgan fingerprint density at radius 2 is 0.775 bits per heavy atom. The van der Waals surface area contributed by atoms with E-state index in [1.54, 1.807) is 6.20 Å². The first-order valence-electron chi connectivity index (χ1n) is 26.3. The summed E-state index contributed by atoms with van der Waals surface area (Å²) in [6.07, 6.45) is 7.72. The van der Waals surface area contributed by atoms with Crippen molar-refractivity contribution in [2.75, 3.05) is 0 Å². The summed E-state index contributed by atoms with van der Waals surface area (Å²) in [5.41, 5.74) is 23.6. The molecule has 0 aliphatic heterocycles. The van der Waals surface area contributed by atoms with Crippen LogP contribution in [0.5, 0.6) is 0 Å². The van der Waals surface area contributed by atoms with Crippen molar-refractivity contribution in [2.45, 2.75) is 0 Å². The number of hydrogen-bond donors (Lipinski definition) is 0. The van der Waals surface area contributed by atoms with Gasteiger partial charge in [0.1, 0.15) is 0 Å². The summed E-state index contributed by atoms with van der Waals surface area (Å²) in [7, 11) is 0. The molecule has 0 bridgehead atoms. The van der Waals surface area contributed by atoms with E-state index in [4.69, 9.17) is 19.4 Å². The van der Waals surface area contributed by atoms with Crippen molar-refractivity contribution >= 4 is 22.1 Å². The van der Waals surface area contributed by atoms with Crippen LogP contribution in [0.3, 0.4) is 0 Å². The maximum atomic E-state index is 6.23. The monoisotopic (exact) mass is 1200 g/mol. The number of rotatable bonds is 11. The van der Waals surface area contributed by atoms with E-state index in [0.717, 1.165) is 134 Å². The van der Waals surface area contributed by atoms with E-state index in [9.17, 15) is 0 Å². The van der Waals surface area contributed by atoms with E-state index in [0.29, 0.717) is 11.3 Å². The molecule has 14 rings (SSSR count). The average molecular weight is 1200 g/mol. The number of nitrogens with zero attached hydrogens (tertiary/aromatic N) is 4. The number of furan rings is 1. The molecule has 0 aliphatic rings. The molecule has 5 nitrogen and oxygen atoms in total. The molecule has 0 unspecified atom stereocenters. The van der Waals surface area contributed by atoms with Gasteiger partial charge in [0.2, 0.25) is 5.71 Å². The van der Waals surface area contributed by atoms with Crippen LogP contribution in [0, 0.1) is 18.2 Å². The molecule has 0 saturated carbocycles. The first-order chi connectivity index (χ1) is 39.1. The minimum Gasteiger partial charge on any atom is -0.459 e. The zero-order valence-electron chi connectivity index (χ0n) is 43.0. The van der Waals surface area contributed by atoms with Crippen LogP contribution in [0.4, 0.5) is 0 Å². The first kappa shape index (κ1) is 49.6. The van der Waals surface area contributed by atoms with E-state index < -0.39 is 0 Å². The molecule has 0 N–H and O–H groups in total. The molecule has 376 valence electrons. The van der Waals surface area contributed by atoms with Gasteiger partial charge in [0.15, 0.2) is 0 Å². The smallest absolute Gasteiger partial charge is 0.459 e. The first-order valence-corrected chi connectivity index (χ1v) is 26.3. The normalized spacial score (nSPS) is 11.2. The van der Waals surface area contributed by atoms with Gasteiger partial charge in [-0.15, -0.1) is 89.5 Å². The Kier molecular flexibility index (Phi) is 13.5. The summed E-state index contributed by atoms with van der Waals surface area (Å²) in [6, 6.07) is 97.2. The Morgan fingerprint density at radius 3 is 1.32 bits per heavy atom. The Hall–Kier alpha value is -9.97. The van der Waals surface area contributed by atoms with Crippen molar-refractivity contribution in [3.8, 4) is 123 Å². The summed E-state index contributed by atoms with van der Waals surface area (Å²) >= 11 is 0. The molecule has 14 aromatic rings. The van der Waals surface area contributed by atoms with Crippen molar-refractivity contribution in [2.24, 2.45) is 0 Å². The molecule has 0 saturated heterocycles. The van der Waals surface area contributed by atoms with Crippen LogP contribution in [0.15, 0.2) is 278 Å². The fraction of sp³-hybridized carbons (Fsp3) is 0. The minimum absolute atomic E-state index is 0. The molecule has 0 fully saturated rings. The van der Waals surface area contributed by atoms with Crippen molar-refractivity contribution < 1.29 is 24.5 Å². The molecule has 0 amide bonds. The molecule has 6 heteroatoms. The Morgan fingerprint density at radius 1 is 0.287 bits per heavy atom. The molecule has 80 heavy (non-hydrogen) atoms. The molecular formula is C74H45IrN4O. The second-order valence-electron chi connectivity index (χ2n) is 19.5. The number of aromatic nitrogens is 4. The summed E-state index contributed by atoms with van der Waals surface area (Å²) in [6.45, 7) is 0. The fourth-order valence-corrected chi connectivity index (χ4v) is 10.8. The summed E-state index contributed by atoms with van der Waals surface area (Å²) < 4.78 is 6.23. The van der Waals surface area contributed by atoms with Gasteiger partial charge in [-0.05, 0) is 125 Å². The number of pyridine rings is 4. The van der Waals surface area contributed by atoms with Gasteiger partial charge in [0.25, 0.3) is 0 Å². The third-order valence-electron chi connectivity index (χ3n) is 14.7. The molecule has 5 aromatic heterocycles. The van der Waals surface area contributed by atoms with Gasteiger partial charge in [-0.1, -0.05) is 175 Å². The van der Waals surface area contributed by atoms with E-state index in [2.05, 4.69) is 211 Å². The quantitative estimate of drug-likeness (QED) is 0.121. The third-order valence-corrected chi connectivity index (χ3v) is 14.7. The van der Waals surface area contributed by atoms with Gasteiger partial charge in [-0.2, -0.15) is 0 Å². The van der Waals surface area contributed by atoms with Gasteiger partial charge in [-0.25, -0.2) is 4.98 Å².